The van der Waals surface area contributed by atoms with Crippen LogP contribution in [0.5, 0.6) is 0 Å². The zero-order valence-corrected chi connectivity index (χ0v) is 39.0. The number of nitrogens with zero attached hydrogens (tertiary/aromatic N) is 2. The Balaban J connectivity index is 1.10. The number of benzene rings is 12. The molecule has 12 aromatic carbocycles. The topological polar surface area (TPSA) is 17.8 Å². The molecule has 0 atom stereocenters. The first-order valence-electron chi connectivity index (χ1n) is 24.3. The van der Waals surface area contributed by atoms with Crippen LogP contribution in [0.2, 0.25) is 0 Å². The Morgan fingerprint density at radius 2 is 0.577 bits per heavy atom. The zero-order chi connectivity index (χ0) is 47.1. The minimum Gasteiger partial charge on any atom is -0.292 e. The van der Waals surface area contributed by atoms with E-state index < -0.39 is 0 Å². The molecule has 0 unspecified atom stereocenters. The van der Waals surface area contributed by atoms with E-state index in [1.807, 2.05) is 0 Å². The maximum atomic E-state index is 5.37. The van der Waals surface area contributed by atoms with Crippen LogP contribution < -0.4 is 0 Å². The molecule has 0 saturated carbocycles. The first kappa shape index (κ1) is 41.8. The molecule has 0 aliphatic carbocycles. The van der Waals surface area contributed by atoms with Gasteiger partial charge in [-0.3, -0.25) is 4.57 Å². The molecule has 0 N–H and O–H groups in total. The van der Waals surface area contributed by atoms with Crippen LogP contribution in [-0.4, -0.2) is 9.55 Å². The standard InChI is InChI=1S/C69H46N2/c1-7-21-47(22-8-1)54-39-55(48-23-9-2-10-24-48)42-58(41-54)67-61-33-19-20-34-62(61)68(59-43-56(49-25-11-3-12-26-49)40-57(44-59)50-27-13-4-14-28-50)64-45-52(35-37-63(64)67)53-36-38-66-65(46-53)70-69(51-29-15-5-16-30-51)71(66)60-31-17-6-18-32-60/h1-46H. The van der Waals surface area contributed by atoms with Crippen LogP contribution in [0.15, 0.2) is 279 Å². The summed E-state index contributed by atoms with van der Waals surface area (Å²) < 4.78 is 2.28. The Kier molecular flexibility index (Phi) is 10.6. The van der Waals surface area contributed by atoms with Crippen LogP contribution in [0, 0.1) is 0 Å². The van der Waals surface area contributed by atoms with Gasteiger partial charge in [0.2, 0.25) is 0 Å². The maximum absolute atomic E-state index is 5.37. The van der Waals surface area contributed by atoms with Crippen molar-refractivity contribution in [1.82, 2.24) is 9.55 Å². The van der Waals surface area contributed by atoms with Gasteiger partial charge in [0.25, 0.3) is 0 Å². The minimum atomic E-state index is 0.918. The smallest absolute Gasteiger partial charge is 0.145 e. The van der Waals surface area contributed by atoms with Crippen molar-refractivity contribution in [2.75, 3.05) is 0 Å². The van der Waals surface area contributed by atoms with Crippen LogP contribution in [-0.2, 0) is 0 Å². The van der Waals surface area contributed by atoms with E-state index in [0.717, 1.165) is 39.2 Å². The lowest BCUT2D eigenvalue weighted by Gasteiger charge is -2.21. The van der Waals surface area contributed by atoms with Crippen molar-refractivity contribution in [3.05, 3.63) is 279 Å². The van der Waals surface area contributed by atoms with Gasteiger partial charge in [0.1, 0.15) is 5.82 Å². The lowest BCUT2D eigenvalue weighted by molar-refractivity contribution is 1.10. The van der Waals surface area contributed by atoms with Crippen molar-refractivity contribution < 1.29 is 0 Å². The van der Waals surface area contributed by atoms with Crippen molar-refractivity contribution in [1.29, 1.82) is 0 Å². The molecule has 0 aliphatic heterocycles. The number of hydrogen-bond donors (Lipinski definition) is 0. The van der Waals surface area contributed by atoms with Crippen LogP contribution in [0.25, 0.3) is 128 Å². The third-order valence-corrected chi connectivity index (χ3v) is 13.9. The fourth-order valence-electron chi connectivity index (χ4n) is 10.6. The molecule has 0 saturated heterocycles. The highest BCUT2D eigenvalue weighted by Gasteiger charge is 2.21. The molecule has 0 aliphatic rings. The summed E-state index contributed by atoms with van der Waals surface area (Å²) in [4.78, 5) is 5.37. The third-order valence-electron chi connectivity index (χ3n) is 13.9. The predicted molar refractivity (Wildman–Crippen MR) is 300 cm³/mol. The molecule has 1 heterocycles. The molecule has 0 spiro atoms. The van der Waals surface area contributed by atoms with Gasteiger partial charge in [0, 0.05) is 11.3 Å². The fraction of sp³-hybridized carbons (Fsp3) is 0. The van der Waals surface area contributed by atoms with Crippen LogP contribution >= 0.6 is 0 Å². The largest absolute Gasteiger partial charge is 0.292 e. The summed E-state index contributed by atoms with van der Waals surface area (Å²) in [6, 6.07) is 101. The number of fused-ring (bicyclic) bond motifs is 3. The molecule has 71 heavy (non-hydrogen) atoms. The van der Waals surface area contributed by atoms with Crippen molar-refractivity contribution in [3.63, 3.8) is 0 Å². The van der Waals surface area contributed by atoms with E-state index in [-0.39, 0.29) is 0 Å². The van der Waals surface area contributed by atoms with Crippen LogP contribution in [0.3, 0.4) is 0 Å². The molecule has 0 fully saturated rings. The Morgan fingerprint density at radius 3 is 1.04 bits per heavy atom. The Morgan fingerprint density at radius 1 is 0.225 bits per heavy atom. The van der Waals surface area contributed by atoms with Crippen LogP contribution in [0.1, 0.15) is 0 Å². The van der Waals surface area contributed by atoms with E-state index in [1.165, 1.54) is 88.3 Å². The van der Waals surface area contributed by atoms with Gasteiger partial charge in [-0.25, -0.2) is 4.98 Å². The van der Waals surface area contributed by atoms with E-state index in [9.17, 15) is 0 Å². The van der Waals surface area contributed by atoms with E-state index in [2.05, 4.69) is 284 Å². The molecular weight excluding hydrogens is 857 g/mol. The van der Waals surface area contributed by atoms with Gasteiger partial charge < -0.3 is 0 Å². The molecule has 0 bridgehead atoms. The second kappa shape index (κ2) is 17.9. The molecule has 13 aromatic rings. The number of para-hydroxylation sites is 1. The van der Waals surface area contributed by atoms with Crippen molar-refractivity contribution in [3.8, 4) is 95.0 Å². The molecule has 0 amide bonds. The summed E-state index contributed by atoms with van der Waals surface area (Å²) >= 11 is 0. The predicted octanol–water partition coefficient (Wildman–Crippen LogP) is 18.7. The average Bonchev–Trinajstić information content (AvgIpc) is 3.85. The number of hydrogen-bond acceptors (Lipinski definition) is 1. The summed E-state index contributed by atoms with van der Waals surface area (Å²) in [7, 11) is 0. The fourth-order valence-corrected chi connectivity index (χ4v) is 10.6. The molecule has 332 valence electrons. The highest BCUT2D eigenvalue weighted by Crippen LogP contribution is 2.48. The van der Waals surface area contributed by atoms with Gasteiger partial charge in [0.15, 0.2) is 0 Å². The Hall–Kier alpha value is -9.37. The van der Waals surface area contributed by atoms with Crippen LogP contribution in [0.4, 0.5) is 0 Å². The molecule has 2 nitrogen and oxygen atoms in total. The monoisotopic (exact) mass is 902 g/mol. The maximum Gasteiger partial charge on any atom is 0.145 e. The zero-order valence-electron chi connectivity index (χ0n) is 39.0. The average molecular weight is 903 g/mol. The summed E-state index contributed by atoms with van der Waals surface area (Å²) in [5.41, 5.74) is 20.6. The molecule has 2 heteroatoms. The summed E-state index contributed by atoms with van der Waals surface area (Å²) in [6.45, 7) is 0. The highest BCUT2D eigenvalue weighted by atomic mass is 15.1. The first-order valence-corrected chi connectivity index (χ1v) is 24.3. The lowest BCUT2D eigenvalue weighted by Crippen LogP contribution is -1.97. The number of imidazole rings is 1. The Labute approximate surface area is 414 Å². The van der Waals surface area contributed by atoms with Gasteiger partial charge in [-0.2, -0.15) is 0 Å². The van der Waals surface area contributed by atoms with Gasteiger partial charge in [-0.1, -0.05) is 212 Å². The van der Waals surface area contributed by atoms with Gasteiger partial charge >= 0.3 is 0 Å². The van der Waals surface area contributed by atoms with E-state index in [0.29, 0.717) is 0 Å². The van der Waals surface area contributed by atoms with E-state index in [1.54, 1.807) is 0 Å². The van der Waals surface area contributed by atoms with Gasteiger partial charge in [-0.15, -0.1) is 0 Å². The summed E-state index contributed by atoms with van der Waals surface area (Å²) in [6.07, 6.45) is 0. The van der Waals surface area contributed by atoms with Gasteiger partial charge in [0.05, 0.1) is 11.0 Å². The molecule has 13 rings (SSSR count). The SMILES string of the molecule is c1ccc(-c2cc(-c3ccccc3)cc(-c3c4ccccc4c(-c4cc(-c5ccccc5)cc(-c5ccccc5)c4)c4cc(-c5ccc6c(c5)nc(-c5ccccc5)n6-c5ccccc5)ccc34)c2)cc1. The second-order valence-corrected chi connectivity index (χ2v) is 18.3. The van der Waals surface area contributed by atoms with Crippen molar-refractivity contribution in [2.45, 2.75) is 0 Å². The van der Waals surface area contributed by atoms with Crippen molar-refractivity contribution in [2.24, 2.45) is 0 Å². The quantitative estimate of drug-likeness (QED) is 0.132. The third kappa shape index (κ3) is 7.78. The van der Waals surface area contributed by atoms with Gasteiger partial charge in [-0.05, 0) is 166 Å². The van der Waals surface area contributed by atoms with Crippen molar-refractivity contribution >= 4 is 32.6 Å². The lowest BCUT2D eigenvalue weighted by atomic mass is 9.82. The Bertz CT molecular complexity index is 3930. The highest BCUT2D eigenvalue weighted by molar-refractivity contribution is 6.22. The normalized spacial score (nSPS) is 11.4. The number of aromatic nitrogens is 2. The first-order chi connectivity index (χ1) is 35.2. The van der Waals surface area contributed by atoms with E-state index >= 15 is 0 Å². The molecule has 0 radical (unpaired) electrons. The summed E-state index contributed by atoms with van der Waals surface area (Å²) in [5, 5.41) is 4.79. The second-order valence-electron chi connectivity index (χ2n) is 18.3. The van der Waals surface area contributed by atoms with E-state index in [4.69, 9.17) is 4.98 Å². The molecular formula is C69H46N2. The minimum absolute atomic E-state index is 0.918. The molecule has 1 aromatic heterocycles. The number of rotatable bonds is 9. The summed E-state index contributed by atoms with van der Waals surface area (Å²) in [5.74, 6) is 0.918.